The molecule has 0 aliphatic carbocycles. The number of amides is 1. The van der Waals surface area contributed by atoms with Crippen molar-refractivity contribution in [3.8, 4) is 0 Å². The van der Waals surface area contributed by atoms with Gasteiger partial charge in [-0.05, 0) is 32.4 Å². The van der Waals surface area contributed by atoms with Crippen LogP contribution in [0.3, 0.4) is 0 Å². The van der Waals surface area contributed by atoms with Gasteiger partial charge in [0.15, 0.2) is 0 Å². The van der Waals surface area contributed by atoms with Crippen LogP contribution in [-0.4, -0.2) is 25.3 Å². The number of rotatable bonds is 4. The molecule has 0 saturated heterocycles. The standard InChI is InChI=1S/C14H20BrNO3/c1-14(2,3)19-13(17)16-9-12(18-4)10-7-5-6-8-11(10)15/h5-8,12H,9H2,1-4H3,(H,16,17). The zero-order chi connectivity index (χ0) is 14.5. The van der Waals surface area contributed by atoms with Gasteiger partial charge < -0.3 is 14.8 Å². The molecule has 5 heteroatoms. The van der Waals surface area contributed by atoms with Crippen molar-refractivity contribution in [3.63, 3.8) is 0 Å². The molecular weight excluding hydrogens is 310 g/mol. The second kappa shape index (κ2) is 6.91. The van der Waals surface area contributed by atoms with E-state index in [4.69, 9.17) is 9.47 Å². The van der Waals surface area contributed by atoms with E-state index < -0.39 is 11.7 Å². The van der Waals surface area contributed by atoms with Gasteiger partial charge >= 0.3 is 6.09 Å². The van der Waals surface area contributed by atoms with E-state index in [0.717, 1.165) is 10.0 Å². The second-order valence-electron chi connectivity index (χ2n) is 5.13. The molecule has 1 atom stereocenters. The van der Waals surface area contributed by atoms with E-state index in [2.05, 4.69) is 21.2 Å². The highest BCUT2D eigenvalue weighted by atomic mass is 79.9. The third-order valence-corrected chi connectivity index (χ3v) is 3.09. The number of halogens is 1. The van der Waals surface area contributed by atoms with E-state index in [9.17, 15) is 4.79 Å². The fourth-order valence-corrected chi connectivity index (χ4v) is 2.09. The summed E-state index contributed by atoms with van der Waals surface area (Å²) in [6.07, 6.45) is -0.662. The van der Waals surface area contributed by atoms with Crippen LogP contribution in [0.1, 0.15) is 32.4 Å². The maximum absolute atomic E-state index is 11.6. The van der Waals surface area contributed by atoms with Gasteiger partial charge in [0.2, 0.25) is 0 Å². The Morgan fingerprint density at radius 3 is 2.53 bits per heavy atom. The molecule has 0 aliphatic rings. The summed E-state index contributed by atoms with van der Waals surface area (Å²) in [6, 6.07) is 7.75. The average Bonchev–Trinajstić information content (AvgIpc) is 2.29. The van der Waals surface area contributed by atoms with Crippen LogP contribution >= 0.6 is 15.9 Å². The van der Waals surface area contributed by atoms with E-state index in [-0.39, 0.29) is 6.10 Å². The molecule has 1 N–H and O–H groups in total. The Kier molecular flexibility index (Phi) is 5.82. The Labute approximate surface area is 122 Å². The van der Waals surface area contributed by atoms with E-state index >= 15 is 0 Å². The van der Waals surface area contributed by atoms with Crippen LogP contribution in [-0.2, 0) is 9.47 Å². The first-order valence-corrected chi connectivity index (χ1v) is 6.87. The Morgan fingerprint density at radius 2 is 2.00 bits per heavy atom. The molecule has 0 saturated carbocycles. The minimum absolute atomic E-state index is 0.219. The van der Waals surface area contributed by atoms with Gasteiger partial charge in [-0.2, -0.15) is 0 Å². The number of methoxy groups -OCH3 is 1. The third kappa shape index (κ3) is 5.61. The molecule has 0 aromatic heterocycles. The van der Waals surface area contributed by atoms with E-state index in [1.54, 1.807) is 7.11 Å². The quantitative estimate of drug-likeness (QED) is 0.916. The maximum atomic E-state index is 11.6. The zero-order valence-electron chi connectivity index (χ0n) is 11.7. The van der Waals surface area contributed by atoms with Crippen molar-refractivity contribution in [1.82, 2.24) is 5.32 Å². The number of nitrogens with one attached hydrogen (secondary N) is 1. The smallest absolute Gasteiger partial charge is 0.407 e. The predicted octanol–water partition coefficient (Wildman–Crippen LogP) is 3.66. The molecule has 1 aromatic rings. The van der Waals surface area contributed by atoms with E-state index in [1.807, 2.05) is 45.0 Å². The van der Waals surface area contributed by atoms with E-state index in [1.165, 1.54) is 0 Å². The third-order valence-electron chi connectivity index (χ3n) is 2.37. The van der Waals surface area contributed by atoms with Gasteiger partial charge in [0.05, 0.1) is 6.54 Å². The Hall–Kier alpha value is -1.07. The van der Waals surface area contributed by atoms with Crippen molar-refractivity contribution >= 4 is 22.0 Å². The lowest BCUT2D eigenvalue weighted by molar-refractivity contribution is 0.0455. The zero-order valence-corrected chi connectivity index (χ0v) is 13.3. The second-order valence-corrected chi connectivity index (χ2v) is 5.98. The molecule has 0 fully saturated rings. The number of benzene rings is 1. The fourth-order valence-electron chi connectivity index (χ4n) is 1.55. The molecule has 1 aromatic carbocycles. The van der Waals surface area contributed by atoms with Crippen molar-refractivity contribution in [2.45, 2.75) is 32.5 Å². The van der Waals surface area contributed by atoms with Crippen molar-refractivity contribution in [2.75, 3.05) is 13.7 Å². The first kappa shape index (κ1) is 16.0. The van der Waals surface area contributed by atoms with Crippen molar-refractivity contribution in [1.29, 1.82) is 0 Å². The number of hydrogen-bond donors (Lipinski definition) is 1. The highest BCUT2D eigenvalue weighted by Gasteiger charge is 2.18. The highest BCUT2D eigenvalue weighted by molar-refractivity contribution is 9.10. The Balaban J connectivity index is 2.59. The molecule has 0 aliphatic heterocycles. The first-order valence-electron chi connectivity index (χ1n) is 6.07. The molecule has 0 radical (unpaired) electrons. The van der Waals surface area contributed by atoms with Crippen molar-refractivity contribution in [2.24, 2.45) is 0 Å². The molecule has 0 bridgehead atoms. The van der Waals surface area contributed by atoms with Crippen molar-refractivity contribution in [3.05, 3.63) is 34.3 Å². The summed E-state index contributed by atoms with van der Waals surface area (Å²) in [7, 11) is 1.61. The topological polar surface area (TPSA) is 47.6 Å². The molecular formula is C14H20BrNO3. The Bertz CT molecular complexity index is 429. The summed E-state index contributed by atoms with van der Waals surface area (Å²) in [6.45, 7) is 5.84. The summed E-state index contributed by atoms with van der Waals surface area (Å²) in [5.41, 5.74) is 0.487. The molecule has 19 heavy (non-hydrogen) atoms. The molecule has 106 valence electrons. The average molecular weight is 330 g/mol. The lowest BCUT2D eigenvalue weighted by Crippen LogP contribution is -2.35. The monoisotopic (exact) mass is 329 g/mol. The molecule has 0 heterocycles. The van der Waals surface area contributed by atoms with Crippen LogP contribution in [0.25, 0.3) is 0 Å². The number of alkyl carbamates (subject to hydrolysis) is 1. The van der Waals surface area contributed by atoms with Crippen LogP contribution in [0.4, 0.5) is 4.79 Å². The summed E-state index contributed by atoms with van der Waals surface area (Å²) < 4.78 is 11.5. The largest absolute Gasteiger partial charge is 0.444 e. The van der Waals surface area contributed by atoms with Gasteiger partial charge in [0.25, 0.3) is 0 Å². The highest BCUT2D eigenvalue weighted by Crippen LogP contribution is 2.24. The van der Waals surface area contributed by atoms with Crippen molar-refractivity contribution < 1.29 is 14.3 Å². The van der Waals surface area contributed by atoms with Gasteiger partial charge in [-0.3, -0.25) is 0 Å². The van der Waals surface area contributed by atoms with Crippen LogP contribution in [0, 0.1) is 0 Å². The Morgan fingerprint density at radius 1 is 1.37 bits per heavy atom. The lowest BCUT2D eigenvalue weighted by Gasteiger charge is -2.22. The maximum Gasteiger partial charge on any atom is 0.407 e. The number of carbonyl (C=O) groups excluding carboxylic acids is 1. The van der Waals surface area contributed by atoms with Crippen LogP contribution in [0.15, 0.2) is 28.7 Å². The van der Waals surface area contributed by atoms with E-state index in [0.29, 0.717) is 6.54 Å². The fraction of sp³-hybridized carbons (Fsp3) is 0.500. The van der Waals surface area contributed by atoms with Gasteiger partial charge in [-0.25, -0.2) is 4.79 Å². The number of ether oxygens (including phenoxy) is 2. The first-order chi connectivity index (χ1) is 8.83. The van der Waals surface area contributed by atoms with Crippen LogP contribution in [0.2, 0.25) is 0 Å². The number of carbonyl (C=O) groups is 1. The summed E-state index contributed by atoms with van der Waals surface area (Å²) in [5.74, 6) is 0. The van der Waals surface area contributed by atoms with Gasteiger partial charge in [0.1, 0.15) is 11.7 Å². The molecule has 1 unspecified atom stereocenters. The normalized spacial score (nSPS) is 12.9. The number of hydrogen-bond acceptors (Lipinski definition) is 3. The molecule has 1 amide bonds. The minimum atomic E-state index is -0.500. The van der Waals surface area contributed by atoms with Crippen LogP contribution in [0.5, 0.6) is 0 Å². The summed E-state index contributed by atoms with van der Waals surface area (Å²) in [4.78, 5) is 11.6. The molecule has 1 rings (SSSR count). The molecule has 0 spiro atoms. The van der Waals surface area contributed by atoms with Gasteiger partial charge in [0, 0.05) is 11.6 Å². The lowest BCUT2D eigenvalue weighted by atomic mass is 10.1. The minimum Gasteiger partial charge on any atom is -0.444 e. The summed E-state index contributed by atoms with van der Waals surface area (Å²) in [5, 5.41) is 2.71. The SMILES string of the molecule is COC(CNC(=O)OC(C)(C)C)c1ccccc1Br. The van der Waals surface area contributed by atoms with Gasteiger partial charge in [-0.15, -0.1) is 0 Å². The summed E-state index contributed by atoms with van der Waals surface area (Å²) >= 11 is 3.47. The predicted molar refractivity (Wildman–Crippen MR) is 78.1 cm³/mol. The van der Waals surface area contributed by atoms with Crippen LogP contribution < -0.4 is 5.32 Å². The van der Waals surface area contributed by atoms with Gasteiger partial charge in [-0.1, -0.05) is 34.1 Å². The molecule has 4 nitrogen and oxygen atoms in total.